The molecule has 130 valence electrons. The lowest BCUT2D eigenvalue weighted by molar-refractivity contribution is 0.104. The predicted molar refractivity (Wildman–Crippen MR) is 100 cm³/mol. The number of ether oxygens (including phenoxy) is 1. The second-order valence-corrected chi connectivity index (χ2v) is 5.50. The molecule has 1 aromatic heterocycles. The number of hydrogen-bond acceptors (Lipinski definition) is 4. The van der Waals surface area contributed by atoms with Crippen LogP contribution in [0.2, 0.25) is 0 Å². The number of allylic oxidation sites excluding steroid dienone is 1. The molecule has 0 saturated carbocycles. The van der Waals surface area contributed by atoms with Crippen LogP contribution in [0, 0.1) is 5.82 Å². The molecule has 0 amide bonds. The third kappa shape index (κ3) is 4.33. The molecule has 3 rings (SSSR count). The maximum atomic E-state index is 13.0. The van der Waals surface area contributed by atoms with E-state index in [4.69, 9.17) is 4.74 Å². The molecule has 0 unspecified atom stereocenters. The largest absolute Gasteiger partial charge is 0.497 e. The molecular formula is C21H17FN2O2. The van der Waals surface area contributed by atoms with Crippen molar-refractivity contribution in [2.75, 3.05) is 12.4 Å². The van der Waals surface area contributed by atoms with E-state index in [1.165, 1.54) is 18.2 Å². The van der Waals surface area contributed by atoms with Crippen LogP contribution in [0.1, 0.15) is 15.9 Å². The molecule has 0 bridgehead atoms. The summed E-state index contributed by atoms with van der Waals surface area (Å²) in [5, 5.41) is 3.12. The summed E-state index contributed by atoms with van der Waals surface area (Å²) in [7, 11) is 1.58. The first kappa shape index (κ1) is 17.4. The summed E-state index contributed by atoms with van der Waals surface area (Å²) in [5.74, 6) is 0.854. The molecule has 0 aliphatic carbocycles. The van der Waals surface area contributed by atoms with Crippen molar-refractivity contribution in [3.05, 3.63) is 89.9 Å². The molecule has 1 N–H and O–H groups in total. The Morgan fingerprint density at radius 3 is 2.50 bits per heavy atom. The van der Waals surface area contributed by atoms with Crippen LogP contribution in [-0.2, 0) is 0 Å². The van der Waals surface area contributed by atoms with Crippen LogP contribution in [-0.4, -0.2) is 17.9 Å². The topological polar surface area (TPSA) is 51.2 Å². The lowest BCUT2D eigenvalue weighted by atomic mass is 10.1. The fourth-order valence-electron chi connectivity index (χ4n) is 2.34. The van der Waals surface area contributed by atoms with Crippen molar-refractivity contribution in [2.45, 2.75) is 0 Å². The number of anilines is 2. The number of carbonyl (C=O) groups is 1. The predicted octanol–water partition coefficient (Wildman–Crippen LogP) is 4.87. The van der Waals surface area contributed by atoms with Crippen LogP contribution in [0.4, 0.5) is 15.9 Å². The van der Waals surface area contributed by atoms with Gasteiger partial charge in [0, 0.05) is 23.0 Å². The zero-order chi connectivity index (χ0) is 18.4. The highest BCUT2D eigenvalue weighted by Gasteiger charge is 2.05. The third-order valence-electron chi connectivity index (χ3n) is 3.73. The highest BCUT2D eigenvalue weighted by Crippen LogP contribution is 2.20. The van der Waals surface area contributed by atoms with E-state index < -0.39 is 0 Å². The lowest BCUT2D eigenvalue weighted by Gasteiger charge is -2.08. The van der Waals surface area contributed by atoms with E-state index in [0.29, 0.717) is 22.8 Å². The van der Waals surface area contributed by atoms with Crippen LogP contribution < -0.4 is 10.1 Å². The average Bonchev–Trinajstić information content (AvgIpc) is 2.69. The smallest absolute Gasteiger partial charge is 0.185 e. The summed E-state index contributed by atoms with van der Waals surface area (Å²) in [4.78, 5) is 16.6. The van der Waals surface area contributed by atoms with E-state index in [0.717, 1.165) is 5.56 Å². The summed E-state index contributed by atoms with van der Waals surface area (Å²) in [6, 6.07) is 16.5. The van der Waals surface area contributed by atoms with Gasteiger partial charge in [0.25, 0.3) is 0 Å². The Morgan fingerprint density at radius 1 is 1.08 bits per heavy atom. The Labute approximate surface area is 151 Å². The van der Waals surface area contributed by atoms with Crippen molar-refractivity contribution in [1.82, 2.24) is 4.98 Å². The number of methoxy groups -OCH3 is 1. The van der Waals surface area contributed by atoms with E-state index in [2.05, 4.69) is 10.3 Å². The normalized spacial score (nSPS) is 10.7. The van der Waals surface area contributed by atoms with Crippen molar-refractivity contribution in [1.29, 1.82) is 0 Å². The lowest BCUT2D eigenvalue weighted by Crippen LogP contribution is -1.97. The summed E-state index contributed by atoms with van der Waals surface area (Å²) in [5.41, 5.74) is 2.03. The van der Waals surface area contributed by atoms with Crippen molar-refractivity contribution < 1.29 is 13.9 Å². The quantitative estimate of drug-likeness (QED) is 0.510. The molecule has 0 radical (unpaired) electrons. The zero-order valence-electron chi connectivity index (χ0n) is 14.1. The number of nitrogens with zero attached hydrogens (tertiary/aromatic N) is 1. The van der Waals surface area contributed by atoms with Gasteiger partial charge in [-0.2, -0.15) is 0 Å². The number of halogens is 1. The number of aromatic nitrogens is 1. The molecule has 0 saturated heterocycles. The van der Waals surface area contributed by atoms with E-state index in [-0.39, 0.29) is 11.6 Å². The number of carbonyl (C=O) groups excluding carboxylic acids is 1. The molecule has 26 heavy (non-hydrogen) atoms. The molecule has 4 nitrogen and oxygen atoms in total. The summed E-state index contributed by atoms with van der Waals surface area (Å²) in [6.45, 7) is 0. The molecule has 3 aromatic rings. The minimum Gasteiger partial charge on any atom is -0.497 e. The maximum absolute atomic E-state index is 13.0. The van der Waals surface area contributed by atoms with Crippen LogP contribution in [0.3, 0.4) is 0 Å². The van der Waals surface area contributed by atoms with E-state index >= 15 is 0 Å². The molecule has 0 aliphatic rings. The summed E-state index contributed by atoms with van der Waals surface area (Å²) >= 11 is 0. The van der Waals surface area contributed by atoms with E-state index in [1.54, 1.807) is 61.8 Å². The Balaban J connectivity index is 1.77. The van der Waals surface area contributed by atoms with Crippen LogP contribution in [0.5, 0.6) is 5.75 Å². The zero-order valence-corrected chi connectivity index (χ0v) is 14.1. The van der Waals surface area contributed by atoms with Crippen molar-refractivity contribution in [3.63, 3.8) is 0 Å². The molecular weight excluding hydrogens is 331 g/mol. The third-order valence-corrected chi connectivity index (χ3v) is 3.73. The van der Waals surface area contributed by atoms with Gasteiger partial charge in [-0.1, -0.05) is 0 Å². The Kier molecular flexibility index (Phi) is 5.39. The van der Waals surface area contributed by atoms with E-state index in [9.17, 15) is 9.18 Å². The Morgan fingerprint density at radius 2 is 1.81 bits per heavy atom. The molecule has 0 atom stereocenters. The molecule has 0 fully saturated rings. The van der Waals surface area contributed by atoms with Gasteiger partial charge >= 0.3 is 0 Å². The number of benzene rings is 2. The van der Waals surface area contributed by atoms with Crippen LogP contribution in [0.25, 0.3) is 6.08 Å². The fraction of sp³-hybridized carbons (Fsp3) is 0.0476. The standard InChI is InChI=1S/C21H17FN2O2/c1-26-19-11-4-15(5-12-19)20(25)13-6-16-3-2-14-23-21(16)24-18-9-7-17(22)8-10-18/h2-14H,1H3,(H,23,24)/b13-6+. The summed E-state index contributed by atoms with van der Waals surface area (Å²) < 4.78 is 18.1. The van der Waals surface area contributed by atoms with Crippen LogP contribution >= 0.6 is 0 Å². The van der Waals surface area contributed by atoms with Crippen molar-refractivity contribution in [3.8, 4) is 5.75 Å². The SMILES string of the molecule is COc1ccc(C(=O)/C=C/c2cccnc2Nc2ccc(F)cc2)cc1. The molecule has 0 spiro atoms. The van der Waals surface area contributed by atoms with Gasteiger partial charge < -0.3 is 10.1 Å². The van der Waals surface area contributed by atoms with E-state index in [1.807, 2.05) is 6.07 Å². The van der Waals surface area contributed by atoms with Gasteiger partial charge in [-0.25, -0.2) is 9.37 Å². The summed E-state index contributed by atoms with van der Waals surface area (Å²) in [6.07, 6.45) is 4.84. The first-order valence-corrected chi connectivity index (χ1v) is 8.00. The van der Waals surface area contributed by atoms with Gasteiger partial charge in [0.2, 0.25) is 0 Å². The molecule has 2 aromatic carbocycles. The minimum absolute atomic E-state index is 0.121. The van der Waals surface area contributed by atoms with Crippen molar-refractivity contribution >= 4 is 23.4 Å². The van der Waals surface area contributed by atoms with Gasteiger partial charge in [-0.05, 0) is 72.8 Å². The first-order chi connectivity index (χ1) is 12.7. The van der Waals surface area contributed by atoms with Gasteiger partial charge in [0.15, 0.2) is 5.78 Å². The number of pyridine rings is 1. The molecule has 1 heterocycles. The van der Waals surface area contributed by atoms with Gasteiger partial charge in [0.1, 0.15) is 17.4 Å². The number of ketones is 1. The molecule has 0 aliphatic heterocycles. The fourth-order valence-corrected chi connectivity index (χ4v) is 2.34. The first-order valence-electron chi connectivity index (χ1n) is 8.00. The Bertz CT molecular complexity index is 920. The number of hydrogen-bond donors (Lipinski definition) is 1. The second-order valence-electron chi connectivity index (χ2n) is 5.50. The number of rotatable bonds is 6. The average molecular weight is 348 g/mol. The Hall–Kier alpha value is -3.47. The number of nitrogens with one attached hydrogen (secondary N) is 1. The maximum Gasteiger partial charge on any atom is 0.185 e. The monoisotopic (exact) mass is 348 g/mol. The van der Waals surface area contributed by atoms with Gasteiger partial charge in [-0.15, -0.1) is 0 Å². The van der Waals surface area contributed by atoms with Crippen LogP contribution in [0.15, 0.2) is 72.9 Å². The minimum atomic E-state index is -0.304. The van der Waals surface area contributed by atoms with Gasteiger partial charge in [0.05, 0.1) is 7.11 Å². The highest BCUT2D eigenvalue weighted by molar-refractivity contribution is 6.07. The molecule has 5 heteroatoms. The van der Waals surface area contributed by atoms with Gasteiger partial charge in [-0.3, -0.25) is 4.79 Å². The van der Waals surface area contributed by atoms with Crippen molar-refractivity contribution in [2.24, 2.45) is 0 Å². The second kappa shape index (κ2) is 8.07. The highest BCUT2D eigenvalue weighted by atomic mass is 19.1.